The number of halogens is 2. The van der Waals surface area contributed by atoms with Crippen molar-refractivity contribution in [3.8, 4) is 11.9 Å². The molecule has 0 radical (unpaired) electrons. The van der Waals surface area contributed by atoms with Crippen LogP contribution in [-0.2, 0) is 16.6 Å². The molecule has 44 heavy (non-hydrogen) atoms. The summed E-state index contributed by atoms with van der Waals surface area (Å²) in [6, 6.07) is 6.13. The van der Waals surface area contributed by atoms with Gasteiger partial charge in [-0.1, -0.05) is 31.5 Å². The van der Waals surface area contributed by atoms with Gasteiger partial charge in [-0.25, -0.2) is 19.2 Å². The first kappa shape index (κ1) is 33.5. The molecule has 1 unspecified atom stereocenters. The highest BCUT2D eigenvalue weighted by molar-refractivity contribution is 6.30. The molecule has 232 valence electrons. The number of nitrogens with one attached hydrogen (secondary N) is 1. The molecule has 0 aliphatic rings. The maximum atomic E-state index is 15.1. The first-order valence-electron chi connectivity index (χ1n) is 13.5. The van der Waals surface area contributed by atoms with E-state index in [-0.39, 0.29) is 51.5 Å². The summed E-state index contributed by atoms with van der Waals surface area (Å²) in [5.74, 6) is -1.46. The molecule has 3 aromatic rings. The number of rotatable bonds is 11. The fourth-order valence-corrected chi connectivity index (χ4v) is 4.48. The minimum Gasteiger partial charge on any atom is -0.479 e. The maximum absolute atomic E-state index is 15.1. The first-order valence-corrected chi connectivity index (χ1v) is 13.9. The maximum Gasteiger partial charge on any atom is 0.354 e. The second-order valence-corrected chi connectivity index (χ2v) is 10.5. The van der Waals surface area contributed by atoms with Gasteiger partial charge >= 0.3 is 5.97 Å². The first-order chi connectivity index (χ1) is 20.8. The predicted molar refractivity (Wildman–Crippen MR) is 167 cm³/mol. The molecule has 2 aromatic heterocycles. The molecule has 3 rings (SSSR count). The van der Waals surface area contributed by atoms with Crippen molar-refractivity contribution in [2.45, 2.75) is 26.8 Å². The van der Waals surface area contributed by atoms with Crippen LogP contribution in [0.2, 0.25) is 5.02 Å². The lowest BCUT2D eigenvalue weighted by Crippen LogP contribution is -2.30. The molecule has 0 aliphatic carbocycles. The van der Waals surface area contributed by atoms with Crippen molar-refractivity contribution in [3.05, 3.63) is 80.2 Å². The molecule has 0 fully saturated rings. The smallest absolute Gasteiger partial charge is 0.354 e. The Morgan fingerprint density at radius 3 is 2.57 bits per heavy atom. The summed E-state index contributed by atoms with van der Waals surface area (Å²) in [5, 5.41) is 12.5. The zero-order valence-electron chi connectivity index (χ0n) is 25.5. The van der Waals surface area contributed by atoms with Gasteiger partial charge < -0.3 is 30.0 Å². The Morgan fingerprint density at radius 2 is 2.02 bits per heavy atom. The Morgan fingerprint density at radius 1 is 1.32 bits per heavy atom. The minimum absolute atomic E-state index is 0.0363. The van der Waals surface area contributed by atoms with Crippen LogP contribution in [-0.4, -0.2) is 54.0 Å². The van der Waals surface area contributed by atoms with E-state index in [0.717, 1.165) is 6.07 Å². The van der Waals surface area contributed by atoms with E-state index in [9.17, 15) is 14.9 Å². The summed E-state index contributed by atoms with van der Waals surface area (Å²) in [6.07, 6.45) is 2.96. The Balaban J connectivity index is 2.42. The van der Waals surface area contributed by atoms with E-state index in [1.54, 1.807) is 32.0 Å². The van der Waals surface area contributed by atoms with Crippen LogP contribution in [0.15, 0.2) is 57.7 Å². The van der Waals surface area contributed by atoms with E-state index in [4.69, 9.17) is 31.8 Å². The van der Waals surface area contributed by atoms with Crippen LogP contribution in [0.3, 0.4) is 0 Å². The third kappa shape index (κ3) is 7.51. The lowest BCUT2D eigenvalue weighted by molar-refractivity contribution is -0.138. The summed E-state index contributed by atoms with van der Waals surface area (Å²) in [4.78, 5) is 40.8. The van der Waals surface area contributed by atoms with Crippen LogP contribution >= 0.6 is 11.6 Å². The van der Waals surface area contributed by atoms with Gasteiger partial charge in [0.25, 0.3) is 5.56 Å². The topological polar surface area (TPSA) is 161 Å². The van der Waals surface area contributed by atoms with E-state index in [0.29, 0.717) is 17.3 Å². The van der Waals surface area contributed by atoms with Gasteiger partial charge in [-0.15, -0.1) is 0 Å². The number of ether oxygens (including phenoxy) is 2. The average molecular weight is 625 g/mol. The molecule has 14 heteroatoms. The van der Waals surface area contributed by atoms with Crippen LogP contribution in [0.1, 0.15) is 37.9 Å². The highest BCUT2D eigenvalue weighted by Crippen LogP contribution is 2.35. The fourth-order valence-electron chi connectivity index (χ4n) is 4.22. The van der Waals surface area contributed by atoms with Gasteiger partial charge in [0.2, 0.25) is 11.8 Å². The Bertz CT molecular complexity index is 1690. The van der Waals surface area contributed by atoms with Crippen LogP contribution < -0.4 is 26.2 Å². The third-order valence-corrected chi connectivity index (χ3v) is 6.62. The van der Waals surface area contributed by atoms with Crippen LogP contribution in [0.5, 0.6) is 5.88 Å². The summed E-state index contributed by atoms with van der Waals surface area (Å²) < 4.78 is 27.1. The number of pyridine rings is 1. The summed E-state index contributed by atoms with van der Waals surface area (Å²) in [5.41, 5.74) is 6.94. The van der Waals surface area contributed by atoms with Crippen LogP contribution in [0.25, 0.3) is 0 Å². The highest BCUT2D eigenvalue weighted by atomic mass is 35.5. The number of esters is 1. The molecule has 0 amide bonds. The largest absolute Gasteiger partial charge is 0.479 e. The lowest BCUT2D eigenvalue weighted by atomic mass is 9.87. The average Bonchev–Trinajstić information content (AvgIpc) is 2.98. The summed E-state index contributed by atoms with van der Waals surface area (Å²) in [6.45, 7) is 5.33. The van der Waals surface area contributed by atoms with Gasteiger partial charge in [0.1, 0.15) is 28.3 Å². The number of carbonyl (C=O) groups is 1. The SMILES string of the molecule is CCOC(=O)/C(N)=C(/C(=Nc1cnc(N(C)C)nc1OC)C(C)C)C(Nc1cc(Cl)c(=O)n(C)c1)c1ccc(C#N)c(F)c1. The number of aryl methyl sites for hydroxylation is 1. The van der Waals surface area contributed by atoms with Crippen molar-refractivity contribution in [2.75, 3.05) is 38.0 Å². The zero-order valence-corrected chi connectivity index (χ0v) is 26.2. The van der Waals surface area contributed by atoms with Crippen molar-refractivity contribution in [1.82, 2.24) is 14.5 Å². The number of nitrogens with two attached hydrogens (primary N) is 1. The number of nitriles is 1. The molecule has 3 N–H and O–H groups in total. The highest BCUT2D eigenvalue weighted by Gasteiger charge is 2.30. The van der Waals surface area contributed by atoms with Crippen LogP contribution in [0.4, 0.5) is 21.7 Å². The number of hydrogen-bond acceptors (Lipinski definition) is 11. The fraction of sp³-hybridized carbons (Fsp3) is 0.333. The summed E-state index contributed by atoms with van der Waals surface area (Å²) in [7, 11) is 6.50. The molecule has 0 aliphatic heterocycles. The van der Waals surface area contributed by atoms with Crippen molar-refractivity contribution >= 4 is 40.6 Å². The van der Waals surface area contributed by atoms with Crippen molar-refractivity contribution in [3.63, 3.8) is 0 Å². The summed E-state index contributed by atoms with van der Waals surface area (Å²) >= 11 is 6.20. The minimum atomic E-state index is -1.07. The quantitative estimate of drug-likeness (QED) is 0.179. The van der Waals surface area contributed by atoms with E-state index >= 15 is 4.39 Å². The van der Waals surface area contributed by atoms with Gasteiger partial charge in [0.15, 0.2) is 0 Å². The molecule has 1 atom stereocenters. The van der Waals surface area contributed by atoms with Crippen LogP contribution in [0, 0.1) is 23.1 Å². The molecule has 12 nitrogen and oxygen atoms in total. The Hall–Kier alpha value is -4.96. The number of anilines is 2. The predicted octanol–water partition coefficient (Wildman–Crippen LogP) is 4.27. The number of nitrogens with zero attached hydrogens (tertiary/aromatic N) is 6. The standard InChI is InChI=1S/C30H34ClFN8O4/c1-8-44-29(42)24(34)23(25(16(2)3)37-22-14-35-30(39(4)5)38-27(22)43-7)26(17-9-10-18(13-33)21(32)11-17)36-19-12-20(31)28(41)40(6)15-19/h9-12,14-16,26,36H,8,34H2,1-7H3/b24-23+,37-25?. The number of aromatic nitrogens is 3. The number of carbonyl (C=O) groups excluding carboxylic acids is 1. The van der Waals surface area contributed by atoms with Crippen molar-refractivity contribution < 1.29 is 18.7 Å². The van der Waals surface area contributed by atoms with Gasteiger partial charge in [-0.3, -0.25) is 4.79 Å². The van der Waals surface area contributed by atoms with Crippen molar-refractivity contribution in [2.24, 2.45) is 23.7 Å². The number of methoxy groups -OCH3 is 1. The van der Waals surface area contributed by atoms with E-state index in [2.05, 4.69) is 15.3 Å². The molecule has 1 aromatic carbocycles. The normalized spacial score (nSPS) is 12.7. The molecule has 0 spiro atoms. The Labute approximate surface area is 259 Å². The van der Waals surface area contributed by atoms with E-state index < -0.39 is 23.4 Å². The molecule has 0 bridgehead atoms. The molecular weight excluding hydrogens is 591 g/mol. The second-order valence-electron chi connectivity index (χ2n) is 10.1. The molecule has 0 saturated heterocycles. The number of aliphatic imine (C=N–C) groups is 1. The zero-order chi connectivity index (χ0) is 32.7. The van der Waals surface area contributed by atoms with Gasteiger partial charge in [0.05, 0.1) is 42.9 Å². The molecular formula is C30H34ClFN8O4. The van der Waals surface area contributed by atoms with Crippen molar-refractivity contribution in [1.29, 1.82) is 5.26 Å². The van der Waals surface area contributed by atoms with E-state index in [1.165, 1.54) is 49.3 Å². The second kappa shape index (κ2) is 14.5. The molecule has 0 saturated carbocycles. The van der Waals surface area contributed by atoms with Gasteiger partial charge in [-0.2, -0.15) is 10.2 Å². The van der Waals surface area contributed by atoms with E-state index in [1.807, 2.05) is 13.8 Å². The monoisotopic (exact) mass is 624 g/mol. The number of hydrogen-bond donors (Lipinski definition) is 2. The number of benzene rings is 1. The van der Waals surface area contributed by atoms with Gasteiger partial charge in [0, 0.05) is 32.9 Å². The molecule has 2 heterocycles. The Kier molecular flexibility index (Phi) is 11.0. The lowest BCUT2D eigenvalue weighted by Gasteiger charge is -2.28. The third-order valence-electron chi connectivity index (χ3n) is 6.35. The van der Waals surface area contributed by atoms with Gasteiger partial charge in [-0.05, 0) is 36.6 Å².